The number of fused-ring (bicyclic) bond motifs is 1. The van der Waals surface area contributed by atoms with Gasteiger partial charge in [-0.25, -0.2) is 9.97 Å². The normalized spacial score (nSPS) is 26.7. The van der Waals surface area contributed by atoms with Crippen LogP contribution in [-0.2, 0) is 11.3 Å². The van der Waals surface area contributed by atoms with Crippen LogP contribution >= 0.6 is 0 Å². The average molecular weight is 247 g/mol. The second-order valence-electron chi connectivity index (χ2n) is 5.57. The molecule has 0 N–H and O–H groups in total. The van der Waals surface area contributed by atoms with Gasteiger partial charge in [0.05, 0.1) is 0 Å². The van der Waals surface area contributed by atoms with Gasteiger partial charge in [0.25, 0.3) is 0 Å². The lowest BCUT2D eigenvalue weighted by molar-refractivity contribution is 0.177. The maximum absolute atomic E-state index is 5.13. The summed E-state index contributed by atoms with van der Waals surface area (Å²) in [5, 5.41) is 0. The van der Waals surface area contributed by atoms with E-state index in [-0.39, 0.29) is 0 Å². The molecule has 2 fully saturated rings. The molecule has 1 aromatic heterocycles. The molecule has 1 saturated carbocycles. The second-order valence-corrected chi connectivity index (χ2v) is 5.57. The lowest BCUT2D eigenvalue weighted by Gasteiger charge is -2.19. The van der Waals surface area contributed by atoms with Crippen molar-refractivity contribution >= 4 is 5.82 Å². The van der Waals surface area contributed by atoms with Crippen LogP contribution in [0.5, 0.6) is 0 Å². The molecule has 4 heteroatoms. The zero-order chi connectivity index (χ0) is 12.5. The van der Waals surface area contributed by atoms with E-state index in [1.165, 1.54) is 32.4 Å². The van der Waals surface area contributed by atoms with Crippen molar-refractivity contribution in [2.75, 3.05) is 25.1 Å². The number of methoxy groups -OCH3 is 1. The molecule has 2 heterocycles. The van der Waals surface area contributed by atoms with Crippen LogP contribution in [0.4, 0.5) is 5.82 Å². The van der Waals surface area contributed by atoms with Gasteiger partial charge in [-0.2, -0.15) is 0 Å². The third-order valence-electron chi connectivity index (χ3n) is 4.21. The number of aromatic nitrogens is 2. The zero-order valence-corrected chi connectivity index (χ0v) is 11.2. The highest BCUT2D eigenvalue weighted by Crippen LogP contribution is 2.39. The highest BCUT2D eigenvalue weighted by molar-refractivity contribution is 5.41. The van der Waals surface area contributed by atoms with Gasteiger partial charge in [0.15, 0.2) is 5.82 Å². The van der Waals surface area contributed by atoms with Crippen molar-refractivity contribution in [3.05, 3.63) is 17.6 Å². The van der Waals surface area contributed by atoms with Crippen LogP contribution < -0.4 is 4.90 Å². The molecule has 1 aliphatic carbocycles. The Morgan fingerprint density at radius 1 is 1.28 bits per heavy atom. The molecule has 0 aromatic carbocycles. The number of anilines is 1. The van der Waals surface area contributed by atoms with E-state index in [1.54, 1.807) is 7.11 Å². The Hall–Kier alpha value is -1.16. The minimum Gasteiger partial charge on any atom is -0.377 e. The monoisotopic (exact) mass is 247 g/mol. The summed E-state index contributed by atoms with van der Waals surface area (Å²) in [5.74, 6) is 3.67. The molecule has 0 bridgehead atoms. The van der Waals surface area contributed by atoms with Crippen molar-refractivity contribution in [3.63, 3.8) is 0 Å². The first-order chi connectivity index (χ1) is 8.76. The van der Waals surface area contributed by atoms with Gasteiger partial charge < -0.3 is 9.64 Å². The molecule has 3 rings (SSSR count). The molecule has 4 nitrogen and oxygen atoms in total. The third kappa shape index (κ3) is 2.21. The van der Waals surface area contributed by atoms with Crippen LogP contribution in [0.25, 0.3) is 0 Å². The second kappa shape index (κ2) is 4.84. The summed E-state index contributed by atoms with van der Waals surface area (Å²) in [6, 6.07) is 2.10. The first-order valence-corrected chi connectivity index (χ1v) is 6.84. The Morgan fingerprint density at radius 3 is 2.67 bits per heavy atom. The molecule has 1 aliphatic heterocycles. The first-order valence-electron chi connectivity index (χ1n) is 6.84. The van der Waals surface area contributed by atoms with E-state index in [2.05, 4.69) is 20.9 Å². The van der Waals surface area contributed by atoms with Crippen molar-refractivity contribution in [3.8, 4) is 0 Å². The van der Waals surface area contributed by atoms with Gasteiger partial charge >= 0.3 is 0 Å². The summed E-state index contributed by atoms with van der Waals surface area (Å²) in [6.45, 7) is 4.87. The van der Waals surface area contributed by atoms with E-state index in [1.807, 2.05) is 6.92 Å². The first kappa shape index (κ1) is 11.9. The van der Waals surface area contributed by atoms with Crippen molar-refractivity contribution in [1.82, 2.24) is 9.97 Å². The zero-order valence-electron chi connectivity index (χ0n) is 11.2. The van der Waals surface area contributed by atoms with Crippen LogP contribution in [-0.4, -0.2) is 30.2 Å². The Labute approximate surface area is 108 Å². The van der Waals surface area contributed by atoms with E-state index in [0.717, 1.165) is 29.2 Å². The summed E-state index contributed by atoms with van der Waals surface area (Å²) in [4.78, 5) is 11.5. The summed E-state index contributed by atoms with van der Waals surface area (Å²) in [5.41, 5.74) is 1.03. The van der Waals surface area contributed by atoms with E-state index in [0.29, 0.717) is 6.61 Å². The van der Waals surface area contributed by atoms with Crippen LogP contribution in [0.15, 0.2) is 6.07 Å². The fraction of sp³-hybridized carbons (Fsp3) is 0.714. The maximum atomic E-state index is 5.13. The number of rotatable bonds is 3. The highest BCUT2D eigenvalue weighted by atomic mass is 16.5. The smallest absolute Gasteiger partial charge is 0.156 e. The lowest BCUT2D eigenvalue weighted by atomic mass is 10.0. The molecule has 0 unspecified atom stereocenters. The Bertz CT molecular complexity index is 423. The van der Waals surface area contributed by atoms with Crippen molar-refractivity contribution < 1.29 is 4.74 Å². The van der Waals surface area contributed by atoms with Gasteiger partial charge in [-0.1, -0.05) is 6.42 Å². The molecule has 0 radical (unpaired) electrons. The van der Waals surface area contributed by atoms with Gasteiger partial charge in [-0.15, -0.1) is 0 Å². The number of hydrogen-bond acceptors (Lipinski definition) is 4. The molecule has 0 spiro atoms. The van der Waals surface area contributed by atoms with Crippen molar-refractivity contribution in [2.45, 2.75) is 32.8 Å². The van der Waals surface area contributed by atoms with Crippen LogP contribution in [0.2, 0.25) is 0 Å². The minimum atomic E-state index is 0.495. The van der Waals surface area contributed by atoms with Gasteiger partial charge in [0.2, 0.25) is 0 Å². The molecule has 2 aliphatic rings. The summed E-state index contributed by atoms with van der Waals surface area (Å²) in [6.07, 6.45) is 4.22. The van der Waals surface area contributed by atoms with Crippen LogP contribution in [0.3, 0.4) is 0 Å². The molecule has 1 aromatic rings. The quantitative estimate of drug-likeness (QED) is 0.820. The fourth-order valence-electron chi connectivity index (χ4n) is 3.39. The molecular weight excluding hydrogens is 226 g/mol. The van der Waals surface area contributed by atoms with Gasteiger partial charge in [0, 0.05) is 32.0 Å². The standard InChI is InChI=1S/C14H21N3O/c1-10-6-14(16-13(15-10)9-18-2)17-7-11-4-3-5-12(11)8-17/h6,11-12H,3-5,7-9H2,1-2H3/t11-,12-/m0/s1. The Morgan fingerprint density at radius 2 is 2.00 bits per heavy atom. The SMILES string of the molecule is COCc1nc(C)cc(N2C[C@@H]3CCC[C@H]3C2)n1. The predicted octanol–water partition coefficient (Wildman–Crippen LogP) is 2.17. The van der Waals surface area contributed by atoms with Gasteiger partial charge in [-0.3, -0.25) is 0 Å². The largest absolute Gasteiger partial charge is 0.377 e. The Kier molecular flexibility index (Phi) is 3.20. The molecule has 18 heavy (non-hydrogen) atoms. The molecule has 98 valence electrons. The fourth-order valence-corrected chi connectivity index (χ4v) is 3.39. The summed E-state index contributed by atoms with van der Waals surface area (Å²) in [7, 11) is 1.69. The maximum Gasteiger partial charge on any atom is 0.156 e. The lowest BCUT2D eigenvalue weighted by Crippen LogP contribution is -2.22. The minimum absolute atomic E-state index is 0.495. The number of nitrogens with zero attached hydrogens (tertiary/aromatic N) is 3. The molecule has 0 amide bonds. The Balaban J connectivity index is 1.79. The summed E-state index contributed by atoms with van der Waals surface area (Å²) < 4.78 is 5.13. The van der Waals surface area contributed by atoms with Gasteiger partial charge in [0.1, 0.15) is 12.4 Å². The van der Waals surface area contributed by atoms with Crippen molar-refractivity contribution in [2.24, 2.45) is 11.8 Å². The van der Waals surface area contributed by atoms with E-state index >= 15 is 0 Å². The topological polar surface area (TPSA) is 38.2 Å². The predicted molar refractivity (Wildman–Crippen MR) is 70.5 cm³/mol. The highest BCUT2D eigenvalue weighted by Gasteiger charge is 2.36. The molecule has 2 atom stereocenters. The van der Waals surface area contributed by atoms with E-state index < -0.39 is 0 Å². The number of aryl methyl sites for hydroxylation is 1. The summed E-state index contributed by atoms with van der Waals surface area (Å²) >= 11 is 0. The number of ether oxygens (including phenoxy) is 1. The van der Waals surface area contributed by atoms with Crippen LogP contribution in [0.1, 0.15) is 30.8 Å². The average Bonchev–Trinajstić information content (AvgIpc) is 2.88. The van der Waals surface area contributed by atoms with E-state index in [4.69, 9.17) is 4.74 Å². The third-order valence-corrected chi connectivity index (χ3v) is 4.21. The van der Waals surface area contributed by atoms with Crippen molar-refractivity contribution in [1.29, 1.82) is 0 Å². The molecule has 1 saturated heterocycles. The number of hydrogen-bond donors (Lipinski definition) is 0. The van der Waals surface area contributed by atoms with Gasteiger partial charge in [-0.05, 0) is 31.6 Å². The van der Waals surface area contributed by atoms with Crippen LogP contribution in [0, 0.1) is 18.8 Å². The van der Waals surface area contributed by atoms with E-state index in [9.17, 15) is 0 Å². The molecular formula is C14H21N3O.